The van der Waals surface area contributed by atoms with E-state index in [0.717, 1.165) is 22.2 Å². The van der Waals surface area contributed by atoms with Crippen LogP contribution in [-0.2, 0) is 35.2 Å². The topological polar surface area (TPSA) is 190 Å². The summed E-state index contributed by atoms with van der Waals surface area (Å²) in [7, 11) is 0. The fourth-order valence-corrected chi connectivity index (χ4v) is 6.18. The number of hydrogen-bond acceptors (Lipinski definition) is 6. The predicted molar refractivity (Wildman–Crippen MR) is 166 cm³/mol. The van der Waals surface area contributed by atoms with E-state index in [9.17, 15) is 33.9 Å². The number of carboxylic acids is 1. The van der Waals surface area contributed by atoms with E-state index >= 15 is 0 Å². The van der Waals surface area contributed by atoms with E-state index in [1.54, 1.807) is 13.8 Å². The number of aromatic nitrogens is 1. The van der Waals surface area contributed by atoms with E-state index in [2.05, 4.69) is 26.3 Å². The smallest absolute Gasteiger partial charge is 0.305 e. The second-order valence-corrected chi connectivity index (χ2v) is 12.8. The van der Waals surface area contributed by atoms with E-state index in [-0.39, 0.29) is 31.2 Å². The van der Waals surface area contributed by atoms with Gasteiger partial charge in [0.1, 0.15) is 30.2 Å². The Bertz CT molecular complexity index is 1470. The van der Waals surface area contributed by atoms with Crippen LogP contribution in [0.15, 0.2) is 24.3 Å². The third kappa shape index (κ3) is 7.81. The van der Waals surface area contributed by atoms with Crippen molar-refractivity contribution in [2.75, 3.05) is 6.54 Å². The molecule has 6 N–H and O–H groups in total. The maximum absolute atomic E-state index is 13.9. The van der Waals surface area contributed by atoms with Crippen LogP contribution in [0, 0.1) is 18.8 Å². The molecule has 0 unspecified atom stereocenters. The molecule has 0 radical (unpaired) electrons. The van der Waals surface area contributed by atoms with Gasteiger partial charge < -0.3 is 36.3 Å². The van der Waals surface area contributed by atoms with Crippen LogP contribution in [0.2, 0.25) is 0 Å². The van der Waals surface area contributed by atoms with Crippen molar-refractivity contribution in [2.45, 2.75) is 96.9 Å². The molecule has 0 bridgehead atoms. The molecule has 1 aromatic heterocycles. The Kier molecular flexibility index (Phi) is 10.5. The fraction of sp³-hybridized carbons (Fsp3) is 0.562. The Morgan fingerprint density at radius 1 is 0.889 bits per heavy atom. The minimum atomic E-state index is -1.48. The van der Waals surface area contributed by atoms with Gasteiger partial charge >= 0.3 is 5.97 Å². The van der Waals surface area contributed by atoms with Crippen molar-refractivity contribution < 1.29 is 33.9 Å². The van der Waals surface area contributed by atoms with Crippen LogP contribution in [0.4, 0.5) is 0 Å². The maximum Gasteiger partial charge on any atom is 0.305 e. The minimum Gasteiger partial charge on any atom is -0.481 e. The largest absolute Gasteiger partial charge is 0.481 e. The molecule has 2 aliphatic heterocycles. The van der Waals surface area contributed by atoms with Crippen molar-refractivity contribution in [1.82, 2.24) is 31.2 Å². The summed E-state index contributed by atoms with van der Waals surface area (Å²) >= 11 is 0. The highest BCUT2D eigenvalue weighted by Gasteiger charge is 2.41. The highest BCUT2D eigenvalue weighted by molar-refractivity contribution is 5.99. The Balaban J connectivity index is 1.79. The first kappa shape index (κ1) is 33.5. The van der Waals surface area contributed by atoms with Crippen LogP contribution >= 0.6 is 0 Å². The number of amides is 5. The Morgan fingerprint density at radius 2 is 1.53 bits per heavy atom. The first-order chi connectivity index (χ1) is 21.3. The van der Waals surface area contributed by atoms with Crippen molar-refractivity contribution in [3.8, 4) is 0 Å². The van der Waals surface area contributed by atoms with Crippen LogP contribution < -0.4 is 21.3 Å². The normalized spacial score (nSPS) is 25.4. The lowest BCUT2D eigenvalue weighted by Gasteiger charge is -2.30. The molecule has 2 aliphatic rings. The standard InChI is InChI=1S/C32H44N6O7/c1-16(2)13-22-28(41)34-23(14-20-18(5)33-21-10-7-6-9-19(20)21)29(42)36-24(15-26(39)40)32(45)38-12-8-11-25(38)30(43)37-27(17(3)4)31(44)35-22/h6-7,9-10,16-17,22-25,27,33H,8,11-15H2,1-5H3,(H,34,41)(H,35,44)(H,36,42)(H,37,43)(H,39,40)/t22-,23+,24+,25-,27+/m0/s1. The molecule has 0 aliphatic carbocycles. The molecule has 244 valence electrons. The van der Waals surface area contributed by atoms with E-state index in [1.807, 2.05) is 45.0 Å². The third-order valence-corrected chi connectivity index (χ3v) is 8.49. The predicted octanol–water partition coefficient (Wildman–Crippen LogP) is 1.14. The molecule has 5 atom stereocenters. The van der Waals surface area contributed by atoms with Crippen molar-refractivity contribution >= 4 is 46.4 Å². The second-order valence-electron chi connectivity index (χ2n) is 12.8. The summed E-state index contributed by atoms with van der Waals surface area (Å²) in [5.41, 5.74) is 2.39. The molecule has 2 saturated heterocycles. The molecule has 3 heterocycles. The molecule has 2 fully saturated rings. The summed E-state index contributed by atoms with van der Waals surface area (Å²) in [5.74, 6) is -4.86. The van der Waals surface area contributed by atoms with Crippen LogP contribution in [0.25, 0.3) is 10.9 Å². The van der Waals surface area contributed by atoms with Crippen LogP contribution in [0.1, 0.15) is 64.6 Å². The highest BCUT2D eigenvalue weighted by Crippen LogP contribution is 2.24. The number of aliphatic carboxylic acids is 1. The van der Waals surface area contributed by atoms with Gasteiger partial charge in [0, 0.05) is 29.6 Å². The monoisotopic (exact) mass is 624 g/mol. The number of rotatable bonds is 7. The molecular weight excluding hydrogens is 580 g/mol. The molecule has 13 nitrogen and oxygen atoms in total. The maximum atomic E-state index is 13.9. The second kappa shape index (κ2) is 14.1. The van der Waals surface area contributed by atoms with E-state index in [0.29, 0.717) is 12.8 Å². The Labute approximate surface area is 262 Å². The number of aryl methyl sites for hydroxylation is 1. The zero-order valence-electron chi connectivity index (χ0n) is 26.4. The summed E-state index contributed by atoms with van der Waals surface area (Å²) in [4.78, 5) is 84.9. The molecule has 0 saturated carbocycles. The van der Waals surface area contributed by atoms with Crippen LogP contribution in [-0.4, -0.2) is 87.2 Å². The molecule has 4 rings (SSSR count). The molecule has 13 heteroatoms. The first-order valence-electron chi connectivity index (χ1n) is 15.6. The van der Waals surface area contributed by atoms with E-state index in [1.165, 1.54) is 4.90 Å². The summed E-state index contributed by atoms with van der Waals surface area (Å²) < 4.78 is 0. The number of nitrogens with zero attached hydrogens (tertiary/aromatic N) is 1. The van der Waals surface area contributed by atoms with Gasteiger partial charge in [0.15, 0.2) is 0 Å². The average Bonchev–Trinajstić information content (AvgIpc) is 3.57. The molecule has 2 aromatic rings. The highest BCUT2D eigenvalue weighted by atomic mass is 16.4. The number of fused-ring (bicyclic) bond motifs is 2. The van der Waals surface area contributed by atoms with Gasteiger partial charge in [0.25, 0.3) is 0 Å². The van der Waals surface area contributed by atoms with Crippen molar-refractivity contribution in [2.24, 2.45) is 11.8 Å². The van der Waals surface area contributed by atoms with Gasteiger partial charge in [-0.3, -0.25) is 28.8 Å². The number of nitrogens with one attached hydrogen (secondary N) is 5. The molecule has 45 heavy (non-hydrogen) atoms. The minimum absolute atomic E-state index is 0.0111. The average molecular weight is 625 g/mol. The number of benzene rings is 1. The van der Waals surface area contributed by atoms with Gasteiger partial charge in [-0.15, -0.1) is 0 Å². The quantitative estimate of drug-likeness (QED) is 0.266. The number of hydrogen-bond donors (Lipinski definition) is 6. The zero-order chi connectivity index (χ0) is 33.0. The molecule has 0 spiro atoms. The lowest BCUT2D eigenvalue weighted by Crippen LogP contribution is -2.59. The molecule has 5 amide bonds. The summed E-state index contributed by atoms with van der Waals surface area (Å²) in [6.45, 7) is 9.36. The third-order valence-electron chi connectivity index (χ3n) is 8.49. The molecular formula is C32H44N6O7. The van der Waals surface area contributed by atoms with Gasteiger partial charge in [-0.05, 0) is 49.7 Å². The van der Waals surface area contributed by atoms with Crippen molar-refractivity contribution in [3.05, 3.63) is 35.5 Å². The van der Waals surface area contributed by atoms with E-state index < -0.39 is 72.1 Å². The van der Waals surface area contributed by atoms with Crippen molar-refractivity contribution in [1.29, 1.82) is 0 Å². The van der Waals surface area contributed by atoms with Crippen molar-refractivity contribution in [3.63, 3.8) is 0 Å². The summed E-state index contributed by atoms with van der Waals surface area (Å²) in [5, 5.41) is 21.4. The Hall–Kier alpha value is -4.42. The Morgan fingerprint density at radius 3 is 2.20 bits per heavy atom. The number of aromatic amines is 1. The number of carbonyl (C=O) groups is 6. The van der Waals surface area contributed by atoms with Crippen LogP contribution in [0.3, 0.4) is 0 Å². The number of para-hydroxylation sites is 1. The van der Waals surface area contributed by atoms with E-state index in [4.69, 9.17) is 0 Å². The molecule has 1 aromatic carbocycles. The SMILES string of the molecule is Cc1[nH]c2ccccc2c1C[C@H]1NC(=O)[C@H](CC(C)C)NC(=O)[C@@H](C(C)C)NC(=O)[C@@H]2CCCN2C(=O)[C@@H](CC(=O)O)NC1=O. The zero-order valence-corrected chi connectivity index (χ0v) is 26.4. The summed E-state index contributed by atoms with van der Waals surface area (Å²) in [6.07, 6.45) is 0.381. The first-order valence-corrected chi connectivity index (χ1v) is 15.6. The van der Waals surface area contributed by atoms with Gasteiger partial charge in [-0.2, -0.15) is 0 Å². The lowest BCUT2D eigenvalue weighted by molar-refractivity contribution is -0.146. The number of carbonyl (C=O) groups excluding carboxylic acids is 5. The summed E-state index contributed by atoms with van der Waals surface area (Å²) in [6, 6.07) is 1.85. The van der Waals surface area contributed by atoms with Gasteiger partial charge in [0.2, 0.25) is 29.5 Å². The van der Waals surface area contributed by atoms with Gasteiger partial charge in [-0.25, -0.2) is 0 Å². The van der Waals surface area contributed by atoms with Gasteiger partial charge in [-0.1, -0.05) is 45.9 Å². The van der Waals surface area contributed by atoms with Crippen LogP contribution in [0.5, 0.6) is 0 Å². The fourth-order valence-electron chi connectivity index (χ4n) is 6.18. The number of H-pyrrole nitrogens is 1. The lowest BCUT2D eigenvalue weighted by atomic mass is 9.98. The van der Waals surface area contributed by atoms with Gasteiger partial charge in [0.05, 0.1) is 6.42 Å². The number of carboxylic acid groups (broad SMARTS) is 1.